The van der Waals surface area contributed by atoms with Crippen molar-refractivity contribution in [2.24, 2.45) is 7.05 Å². The van der Waals surface area contributed by atoms with Gasteiger partial charge in [-0.15, -0.1) is 0 Å². The molecule has 0 aromatic carbocycles. The van der Waals surface area contributed by atoms with Crippen LogP contribution in [0.1, 0.15) is 24.3 Å². The maximum atomic E-state index is 13.4. The molecule has 0 bridgehead atoms. The summed E-state index contributed by atoms with van der Waals surface area (Å²) in [5, 5.41) is 4.23. The molecule has 140 valence electrons. The summed E-state index contributed by atoms with van der Waals surface area (Å²) in [7, 11) is 1.69. The quantitative estimate of drug-likeness (QED) is 0.526. The Morgan fingerprint density at radius 2 is 2.00 bits per heavy atom. The first-order valence-corrected chi connectivity index (χ1v) is 8.32. The molecule has 1 atom stereocenters. The molecule has 0 saturated heterocycles. The number of hydrogen-bond donors (Lipinski definition) is 1. The summed E-state index contributed by atoms with van der Waals surface area (Å²) in [5.74, 6) is -0.708. The molecule has 27 heavy (non-hydrogen) atoms. The number of nitrogen functional groups attached to an aromatic ring is 1. The molecule has 0 unspecified atom stereocenters. The minimum absolute atomic E-state index is 0.0770. The number of halogens is 2. The summed E-state index contributed by atoms with van der Waals surface area (Å²) in [5.41, 5.74) is 7.48. The van der Waals surface area contributed by atoms with E-state index in [1.54, 1.807) is 20.2 Å². The van der Waals surface area contributed by atoms with Gasteiger partial charge < -0.3 is 10.5 Å². The van der Waals surface area contributed by atoms with Gasteiger partial charge in [0.2, 0.25) is 0 Å². The maximum Gasteiger partial charge on any atom is 0.312 e. The highest BCUT2D eigenvalue weighted by atomic mass is 35.5. The Morgan fingerprint density at radius 1 is 1.30 bits per heavy atom. The van der Waals surface area contributed by atoms with Crippen molar-refractivity contribution in [2.45, 2.75) is 19.4 Å². The molecular weight excluding hydrogens is 375 g/mol. The molecule has 3 heterocycles. The molecule has 0 aliphatic heterocycles. The SMILES string of the molecule is C[C@@H](OC(=O)Cc1c(-c2ncc(N)cn2)cnn1C)c1cc(F)cnc1Cl. The number of rotatable bonds is 5. The van der Waals surface area contributed by atoms with Crippen LogP contribution >= 0.6 is 11.6 Å². The van der Waals surface area contributed by atoms with Crippen molar-refractivity contribution in [3.8, 4) is 11.4 Å². The first kappa shape index (κ1) is 18.7. The molecule has 0 saturated carbocycles. The fourth-order valence-corrected chi connectivity index (χ4v) is 2.76. The number of aromatic nitrogens is 5. The van der Waals surface area contributed by atoms with Gasteiger partial charge in [-0.05, 0) is 13.0 Å². The van der Waals surface area contributed by atoms with E-state index in [1.165, 1.54) is 23.1 Å². The fourth-order valence-electron chi connectivity index (χ4n) is 2.50. The lowest BCUT2D eigenvalue weighted by Gasteiger charge is -2.15. The monoisotopic (exact) mass is 390 g/mol. The Hall–Kier alpha value is -3.07. The lowest BCUT2D eigenvalue weighted by Crippen LogP contribution is -2.15. The summed E-state index contributed by atoms with van der Waals surface area (Å²) in [4.78, 5) is 24.4. The van der Waals surface area contributed by atoms with E-state index in [1.807, 2.05) is 0 Å². The van der Waals surface area contributed by atoms with Crippen LogP contribution in [0.3, 0.4) is 0 Å². The van der Waals surface area contributed by atoms with E-state index in [2.05, 4.69) is 20.1 Å². The first-order valence-electron chi connectivity index (χ1n) is 7.94. The maximum absolute atomic E-state index is 13.4. The predicted octanol–water partition coefficient (Wildman–Crippen LogP) is 2.49. The second-order valence-corrected chi connectivity index (χ2v) is 6.17. The number of carbonyl (C=O) groups is 1. The molecule has 3 aromatic heterocycles. The third-order valence-corrected chi connectivity index (χ3v) is 4.18. The van der Waals surface area contributed by atoms with Gasteiger partial charge in [0, 0.05) is 12.6 Å². The average molecular weight is 391 g/mol. The van der Waals surface area contributed by atoms with E-state index in [4.69, 9.17) is 22.1 Å². The van der Waals surface area contributed by atoms with E-state index in [9.17, 15) is 9.18 Å². The van der Waals surface area contributed by atoms with Crippen molar-refractivity contribution < 1.29 is 13.9 Å². The lowest BCUT2D eigenvalue weighted by molar-refractivity contribution is -0.147. The number of ether oxygens (including phenoxy) is 1. The largest absolute Gasteiger partial charge is 0.457 e. The van der Waals surface area contributed by atoms with E-state index in [0.717, 1.165) is 6.20 Å². The molecule has 0 amide bonds. The van der Waals surface area contributed by atoms with Gasteiger partial charge in [-0.25, -0.2) is 19.3 Å². The number of anilines is 1. The number of aryl methyl sites for hydroxylation is 1. The number of nitrogens with two attached hydrogens (primary N) is 1. The molecule has 2 N–H and O–H groups in total. The zero-order valence-electron chi connectivity index (χ0n) is 14.6. The molecular formula is C17H16ClFN6O2. The molecule has 0 aliphatic rings. The van der Waals surface area contributed by atoms with Crippen LogP contribution in [0.5, 0.6) is 0 Å². The molecule has 3 aromatic rings. The highest BCUT2D eigenvalue weighted by Gasteiger charge is 2.21. The second kappa shape index (κ2) is 7.67. The van der Waals surface area contributed by atoms with Gasteiger partial charge in [0.25, 0.3) is 0 Å². The van der Waals surface area contributed by atoms with Crippen LogP contribution in [0.2, 0.25) is 5.15 Å². The van der Waals surface area contributed by atoms with Gasteiger partial charge in [0.05, 0.1) is 48.2 Å². The Labute approximate surface area is 159 Å². The van der Waals surface area contributed by atoms with Gasteiger partial charge >= 0.3 is 5.97 Å². The van der Waals surface area contributed by atoms with Crippen LogP contribution < -0.4 is 5.73 Å². The zero-order valence-corrected chi connectivity index (χ0v) is 15.3. The van der Waals surface area contributed by atoms with E-state index >= 15 is 0 Å². The Kier molecular flexibility index (Phi) is 5.31. The molecule has 0 radical (unpaired) electrons. The highest BCUT2D eigenvalue weighted by molar-refractivity contribution is 6.30. The van der Waals surface area contributed by atoms with Crippen molar-refractivity contribution in [1.29, 1.82) is 0 Å². The third-order valence-electron chi connectivity index (χ3n) is 3.87. The number of nitrogens with zero attached hydrogens (tertiary/aromatic N) is 5. The average Bonchev–Trinajstić information content (AvgIpc) is 2.98. The Morgan fingerprint density at radius 3 is 2.70 bits per heavy atom. The normalized spacial score (nSPS) is 12.0. The van der Waals surface area contributed by atoms with Gasteiger partial charge in [-0.1, -0.05) is 11.6 Å². The van der Waals surface area contributed by atoms with Crippen LogP contribution in [0.4, 0.5) is 10.1 Å². The van der Waals surface area contributed by atoms with Crippen molar-refractivity contribution in [1.82, 2.24) is 24.7 Å². The van der Waals surface area contributed by atoms with Gasteiger partial charge in [0.1, 0.15) is 17.1 Å². The lowest BCUT2D eigenvalue weighted by atomic mass is 10.1. The zero-order chi connectivity index (χ0) is 19.6. The number of carbonyl (C=O) groups excluding carboxylic acids is 1. The highest BCUT2D eigenvalue weighted by Crippen LogP contribution is 2.26. The van der Waals surface area contributed by atoms with Crippen LogP contribution in [0, 0.1) is 5.82 Å². The summed E-state index contributed by atoms with van der Waals surface area (Å²) in [6.45, 7) is 1.59. The van der Waals surface area contributed by atoms with E-state index in [-0.39, 0.29) is 17.1 Å². The summed E-state index contributed by atoms with van der Waals surface area (Å²) in [6, 6.07) is 1.19. The Balaban J connectivity index is 1.77. The van der Waals surface area contributed by atoms with Crippen molar-refractivity contribution in [3.63, 3.8) is 0 Å². The van der Waals surface area contributed by atoms with Crippen LogP contribution in [-0.4, -0.2) is 30.7 Å². The second-order valence-electron chi connectivity index (χ2n) is 5.81. The smallest absolute Gasteiger partial charge is 0.312 e. The first-order chi connectivity index (χ1) is 12.8. The van der Waals surface area contributed by atoms with Gasteiger partial charge in [-0.2, -0.15) is 5.10 Å². The third kappa shape index (κ3) is 4.20. The van der Waals surface area contributed by atoms with Gasteiger partial charge in [0.15, 0.2) is 5.82 Å². The van der Waals surface area contributed by atoms with Crippen LogP contribution in [0.15, 0.2) is 30.9 Å². The summed E-state index contributed by atoms with van der Waals surface area (Å²) < 4.78 is 20.3. The number of pyridine rings is 1. The number of esters is 1. The Bertz CT molecular complexity index is 976. The van der Waals surface area contributed by atoms with E-state index in [0.29, 0.717) is 22.8 Å². The molecule has 0 fully saturated rings. The topological polar surface area (TPSA) is 109 Å². The molecule has 3 rings (SSSR count). The summed E-state index contributed by atoms with van der Waals surface area (Å²) >= 11 is 5.95. The minimum atomic E-state index is -0.766. The minimum Gasteiger partial charge on any atom is -0.457 e. The van der Waals surface area contributed by atoms with Crippen molar-refractivity contribution in [3.05, 3.63) is 53.1 Å². The fraction of sp³-hybridized carbons (Fsp3) is 0.235. The molecule has 8 nitrogen and oxygen atoms in total. The summed E-state index contributed by atoms with van der Waals surface area (Å²) in [6.07, 6.45) is 4.65. The van der Waals surface area contributed by atoms with Crippen LogP contribution in [0.25, 0.3) is 11.4 Å². The van der Waals surface area contributed by atoms with E-state index < -0.39 is 17.9 Å². The van der Waals surface area contributed by atoms with Crippen molar-refractivity contribution in [2.75, 3.05) is 5.73 Å². The molecule has 10 heteroatoms. The van der Waals surface area contributed by atoms with Crippen molar-refractivity contribution >= 4 is 23.3 Å². The number of hydrogen-bond acceptors (Lipinski definition) is 7. The van der Waals surface area contributed by atoms with Crippen LogP contribution in [-0.2, 0) is 23.0 Å². The molecule has 0 aliphatic carbocycles. The molecule has 0 spiro atoms. The standard InChI is InChI=1S/C17H16ClFN6O2/c1-9(12-3-10(19)5-21-16(12)18)27-15(26)4-14-13(8-24-25(14)2)17-22-6-11(20)7-23-17/h3,5-9H,4,20H2,1-2H3/t9-/m1/s1. The predicted molar refractivity (Wildman–Crippen MR) is 96.1 cm³/mol. The van der Waals surface area contributed by atoms with Gasteiger partial charge in [-0.3, -0.25) is 9.48 Å².